The largest absolute Gasteiger partial charge is 0.493 e. The lowest BCUT2D eigenvalue weighted by Crippen LogP contribution is -2.53. The SMILES string of the molecule is CCCCCCCOc1ccc(CCC(C)(NC(=O)OC)C(=O)OC)cc1OC. The quantitative estimate of drug-likeness (QED) is 0.387. The Morgan fingerprint density at radius 3 is 2.34 bits per heavy atom. The Labute approximate surface area is 174 Å². The van der Waals surface area contributed by atoms with Gasteiger partial charge in [0, 0.05) is 0 Å². The van der Waals surface area contributed by atoms with Crippen molar-refractivity contribution in [1.29, 1.82) is 0 Å². The number of ether oxygens (including phenoxy) is 4. The fraction of sp³-hybridized carbons (Fsp3) is 0.636. The summed E-state index contributed by atoms with van der Waals surface area (Å²) in [5.74, 6) is 0.824. The fourth-order valence-electron chi connectivity index (χ4n) is 2.99. The minimum atomic E-state index is -1.19. The molecule has 1 rings (SSSR count). The number of methoxy groups -OCH3 is 3. The molecule has 0 aliphatic carbocycles. The summed E-state index contributed by atoms with van der Waals surface area (Å²) in [4.78, 5) is 23.8. The van der Waals surface area contributed by atoms with Gasteiger partial charge in [-0.1, -0.05) is 38.7 Å². The van der Waals surface area contributed by atoms with Crippen LogP contribution in [0.25, 0.3) is 0 Å². The maximum absolute atomic E-state index is 12.2. The Balaban J connectivity index is 2.71. The maximum Gasteiger partial charge on any atom is 0.407 e. The van der Waals surface area contributed by atoms with Crippen LogP contribution >= 0.6 is 0 Å². The second-order valence-electron chi connectivity index (χ2n) is 7.19. The summed E-state index contributed by atoms with van der Waals surface area (Å²) < 4.78 is 20.8. The van der Waals surface area contributed by atoms with Gasteiger partial charge in [0.15, 0.2) is 11.5 Å². The van der Waals surface area contributed by atoms with Gasteiger partial charge in [-0.05, 0) is 43.9 Å². The predicted molar refractivity (Wildman–Crippen MR) is 112 cm³/mol. The number of hydrogen-bond donors (Lipinski definition) is 1. The van der Waals surface area contributed by atoms with Crippen LogP contribution in [0, 0.1) is 0 Å². The number of hydrogen-bond acceptors (Lipinski definition) is 6. The number of amides is 1. The Kier molecular flexibility index (Phi) is 10.9. The van der Waals surface area contributed by atoms with Gasteiger partial charge in [-0.25, -0.2) is 9.59 Å². The van der Waals surface area contributed by atoms with Crippen molar-refractivity contribution in [1.82, 2.24) is 5.32 Å². The van der Waals surface area contributed by atoms with Crippen molar-refractivity contribution in [2.75, 3.05) is 27.9 Å². The van der Waals surface area contributed by atoms with E-state index in [0.29, 0.717) is 30.9 Å². The van der Waals surface area contributed by atoms with Crippen molar-refractivity contribution in [3.8, 4) is 11.5 Å². The molecule has 0 aromatic heterocycles. The van der Waals surface area contributed by atoms with E-state index in [9.17, 15) is 9.59 Å². The second-order valence-corrected chi connectivity index (χ2v) is 7.19. The van der Waals surface area contributed by atoms with E-state index in [2.05, 4.69) is 17.0 Å². The number of unbranched alkanes of at least 4 members (excludes halogenated alkanes) is 4. The highest BCUT2D eigenvalue weighted by molar-refractivity contribution is 5.85. The van der Waals surface area contributed by atoms with Crippen LogP contribution in [0.5, 0.6) is 11.5 Å². The molecule has 0 aliphatic rings. The van der Waals surface area contributed by atoms with Gasteiger partial charge < -0.3 is 24.3 Å². The average molecular weight is 410 g/mol. The third-order valence-corrected chi connectivity index (χ3v) is 4.85. The molecular formula is C22H35NO6. The number of aryl methyl sites for hydroxylation is 1. The number of rotatable bonds is 13. The number of esters is 1. The van der Waals surface area contributed by atoms with Gasteiger partial charge in [-0.3, -0.25) is 0 Å². The van der Waals surface area contributed by atoms with Crippen LogP contribution in [0.15, 0.2) is 18.2 Å². The van der Waals surface area contributed by atoms with E-state index in [-0.39, 0.29) is 0 Å². The van der Waals surface area contributed by atoms with E-state index in [1.165, 1.54) is 33.5 Å². The molecule has 1 atom stereocenters. The third kappa shape index (κ3) is 8.21. The summed E-state index contributed by atoms with van der Waals surface area (Å²) in [5.41, 5.74) is -0.234. The van der Waals surface area contributed by atoms with Gasteiger partial charge in [0.2, 0.25) is 0 Å². The van der Waals surface area contributed by atoms with Crippen LogP contribution in [0.1, 0.15) is 57.9 Å². The van der Waals surface area contributed by atoms with Gasteiger partial charge in [-0.2, -0.15) is 0 Å². The molecule has 0 heterocycles. The Morgan fingerprint density at radius 2 is 1.72 bits per heavy atom. The summed E-state index contributed by atoms with van der Waals surface area (Å²) in [6, 6.07) is 5.70. The molecule has 29 heavy (non-hydrogen) atoms. The molecule has 7 nitrogen and oxygen atoms in total. The molecule has 7 heteroatoms. The number of carbonyl (C=O) groups excluding carboxylic acids is 2. The smallest absolute Gasteiger partial charge is 0.407 e. The molecule has 0 fully saturated rings. The summed E-state index contributed by atoms with van der Waals surface area (Å²) >= 11 is 0. The van der Waals surface area contributed by atoms with Crippen molar-refractivity contribution >= 4 is 12.1 Å². The minimum absolute atomic E-state index is 0.343. The van der Waals surface area contributed by atoms with E-state index in [4.69, 9.17) is 14.2 Å². The Hall–Kier alpha value is -2.44. The van der Waals surface area contributed by atoms with Crippen molar-refractivity contribution in [2.45, 2.75) is 64.3 Å². The third-order valence-electron chi connectivity index (χ3n) is 4.85. The molecule has 0 radical (unpaired) electrons. The van der Waals surface area contributed by atoms with E-state index in [0.717, 1.165) is 18.4 Å². The molecule has 0 bridgehead atoms. The van der Waals surface area contributed by atoms with Gasteiger partial charge in [0.1, 0.15) is 5.54 Å². The summed E-state index contributed by atoms with van der Waals surface area (Å²) in [6.07, 6.45) is 6.08. The van der Waals surface area contributed by atoms with Crippen LogP contribution in [0.2, 0.25) is 0 Å². The summed E-state index contributed by atoms with van der Waals surface area (Å²) in [5, 5.41) is 2.56. The zero-order chi connectivity index (χ0) is 21.7. The highest BCUT2D eigenvalue weighted by atomic mass is 16.5. The molecule has 0 spiro atoms. The zero-order valence-corrected chi connectivity index (χ0v) is 18.3. The first-order chi connectivity index (χ1) is 13.9. The summed E-state index contributed by atoms with van der Waals surface area (Å²) in [7, 11) is 4.14. The van der Waals surface area contributed by atoms with Gasteiger partial charge in [0.25, 0.3) is 0 Å². The lowest BCUT2D eigenvalue weighted by molar-refractivity contribution is -0.147. The number of carbonyl (C=O) groups is 2. The van der Waals surface area contributed by atoms with Crippen molar-refractivity contribution in [3.63, 3.8) is 0 Å². The van der Waals surface area contributed by atoms with E-state index in [1.54, 1.807) is 14.0 Å². The first-order valence-electron chi connectivity index (χ1n) is 10.1. The molecule has 0 saturated heterocycles. The molecule has 0 aliphatic heterocycles. The molecule has 1 amide bonds. The molecule has 1 aromatic rings. The molecule has 1 aromatic carbocycles. The molecule has 164 valence electrons. The molecular weight excluding hydrogens is 374 g/mol. The van der Waals surface area contributed by atoms with Crippen LogP contribution in [-0.2, 0) is 20.7 Å². The highest BCUT2D eigenvalue weighted by Crippen LogP contribution is 2.29. The van der Waals surface area contributed by atoms with Crippen molar-refractivity contribution < 1.29 is 28.5 Å². The normalized spacial score (nSPS) is 12.6. The monoisotopic (exact) mass is 409 g/mol. The van der Waals surface area contributed by atoms with Crippen LogP contribution in [0.4, 0.5) is 4.79 Å². The minimum Gasteiger partial charge on any atom is -0.493 e. The maximum atomic E-state index is 12.2. The lowest BCUT2D eigenvalue weighted by atomic mass is 9.93. The molecule has 1 N–H and O–H groups in total. The standard InChI is InChI=1S/C22H35NO6/c1-6-7-8-9-10-15-29-18-12-11-17(16-19(18)26-3)13-14-22(2,20(24)27-4)23-21(25)28-5/h11-12,16H,6-10,13-15H2,1-5H3,(H,23,25). The van der Waals surface area contributed by atoms with Crippen LogP contribution < -0.4 is 14.8 Å². The van der Waals surface area contributed by atoms with E-state index < -0.39 is 17.6 Å². The van der Waals surface area contributed by atoms with E-state index in [1.807, 2.05) is 18.2 Å². The van der Waals surface area contributed by atoms with Crippen LogP contribution in [-0.4, -0.2) is 45.5 Å². The molecule has 0 saturated carbocycles. The number of benzene rings is 1. The summed E-state index contributed by atoms with van der Waals surface area (Å²) in [6.45, 7) is 4.47. The Morgan fingerprint density at radius 1 is 1.00 bits per heavy atom. The van der Waals surface area contributed by atoms with Crippen molar-refractivity contribution in [3.05, 3.63) is 23.8 Å². The number of alkyl carbamates (subject to hydrolysis) is 1. The Bertz CT molecular complexity index is 648. The highest BCUT2D eigenvalue weighted by Gasteiger charge is 2.36. The van der Waals surface area contributed by atoms with Crippen LogP contribution in [0.3, 0.4) is 0 Å². The predicted octanol–water partition coefficient (Wildman–Crippen LogP) is 4.26. The van der Waals surface area contributed by atoms with Gasteiger partial charge >= 0.3 is 12.1 Å². The lowest BCUT2D eigenvalue weighted by Gasteiger charge is -2.27. The first-order valence-corrected chi connectivity index (χ1v) is 10.1. The number of nitrogens with one attached hydrogen (secondary N) is 1. The van der Waals surface area contributed by atoms with E-state index >= 15 is 0 Å². The fourth-order valence-corrected chi connectivity index (χ4v) is 2.99. The first kappa shape index (κ1) is 24.6. The topological polar surface area (TPSA) is 83.1 Å². The second kappa shape index (κ2) is 12.9. The zero-order valence-electron chi connectivity index (χ0n) is 18.3. The van der Waals surface area contributed by atoms with Crippen molar-refractivity contribution in [2.24, 2.45) is 0 Å². The molecule has 1 unspecified atom stereocenters. The van der Waals surface area contributed by atoms with Gasteiger partial charge in [0.05, 0.1) is 27.9 Å². The van der Waals surface area contributed by atoms with Gasteiger partial charge in [-0.15, -0.1) is 0 Å². The average Bonchev–Trinajstić information content (AvgIpc) is 2.74.